The van der Waals surface area contributed by atoms with Crippen LogP contribution in [-0.4, -0.2) is 11.0 Å². The van der Waals surface area contributed by atoms with Crippen molar-refractivity contribution in [2.24, 2.45) is 17.8 Å². The fraction of sp³-hybridized carbons (Fsp3) is 0.625. The van der Waals surface area contributed by atoms with Crippen LogP contribution in [0.2, 0.25) is 0 Å². The Morgan fingerprint density at radius 1 is 1.40 bits per heavy atom. The first-order valence-electron chi connectivity index (χ1n) is 7.60. The van der Waals surface area contributed by atoms with Gasteiger partial charge in [-0.25, -0.2) is 0 Å². The lowest BCUT2D eigenvalue weighted by molar-refractivity contribution is -0.384. The van der Waals surface area contributed by atoms with E-state index in [1.807, 2.05) is 6.07 Å². The summed E-state index contributed by atoms with van der Waals surface area (Å²) in [4.78, 5) is 10.4. The maximum Gasteiger partial charge on any atom is 0.269 e. The van der Waals surface area contributed by atoms with Crippen LogP contribution in [0.15, 0.2) is 24.3 Å². The lowest BCUT2D eigenvalue weighted by Crippen LogP contribution is -2.35. The first-order chi connectivity index (χ1) is 9.63. The molecule has 2 bridgehead atoms. The van der Waals surface area contributed by atoms with E-state index in [4.69, 9.17) is 0 Å². The largest absolute Gasteiger partial charge is 0.310 e. The number of fused-ring (bicyclic) bond motifs is 2. The molecule has 0 saturated heterocycles. The van der Waals surface area contributed by atoms with Crippen molar-refractivity contribution in [1.29, 1.82) is 0 Å². The highest BCUT2D eigenvalue weighted by Gasteiger charge is 2.41. The number of rotatable bonds is 5. The molecule has 0 radical (unpaired) electrons. The van der Waals surface area contributed by atoms with Crippen LogP contribution in [0.5, 0.6) is 0 Å². The van der Waals surface area contributed by atoms with Crippen LogP contribution < -0.4 is 5.32 Å². The van der Waals surface area contributed by atoms with Crippen LogP contribution >= 0.6 is 0 Å². The Hall–Kier alpha value is -1.42. The highest BCUT2D eigenvalue weighted by molar-refractivity contribution is 5.34. The second-order valence-electron chi connectivity index (χ2n) is 6.44. The van der Waals surface area contributed by atoms with E-state index < -0.39 is 0 Å². The molecule has 0 heterocycles. The Balaban J connectivity index is 1.56. The molecule has 4 heteroatoms. The Morgan fingerprint density at radius 3 is 2.90 bits per heavy atom. The van der Waals surface area contributed by atoms with Gasteiger partial charge in [0.15, 0.2) is 0 Å². The third-order valence-electron chi connectivity index (χ3n) is 5.18. The Morgan fingerprint density at radius 2 is 2.25 bits per heavy atom. The molecule has 0 aromatic heterocycles. The maximum absolute atomic E-state index is 10.8. The van der Waals surface area contributed by atoms with Gasteiger partial charge in [-0.1, -0.05) is 18.6 Å². The lowest BCUT2D eigenvalue weighted by atomic mass is 9.84. The number of nitro groups is 1. The van der Waals surface area contributed by atoms with Crippen molar-refractivity contribution in [2.75, 3.05) is 0 Å². The first-order valence-corrected chi connectivity index (χ1v) is 7.60. The standard InChI is InChI=1S/C16H22N2O2/c1-11(16-9-12-5-6-14(16)7-12)17-10-13-3-2-4-15(8-13)18(19)20/h2-4,8,11-12,14,16-17H,5-7,9-10H2,1H3. The minimum absolute atomic E-state index is 0.178. The molecule has 2 saturated carbocycles. The van der Waals surface area contributed by atoms with E-state index in [1.54, 1.807) is 18.2 Å². The summed E-state index contributed by atoms with van der Waals surface area (Å²) in [6.45, 7) is 2.99. The molecule has 0 amide bonds. The number of nitrogens with one attached hydrogen (secondary N) is 1. The monoisotopic (exact) mass is 274 g/mol. The highest BCUT2D eigenvalue weighted by atomic mass is 16.6. The van der Waals surface area contributed by atoms with Gasteiger partial charge in [-0.15, -0.1) is 0 Å². The average molecular weight is 274 g/mol. The number of non-ortho nitro benzene ring substituents is 1. The molecule has 20 heavy (non-hydrogen) atoms. The van der Waals surface area contributed by atoms with Crippen molar-refractivity contribution in [3.05, 3.63) is 39.9 Å². The molecule has 0 aliphatic heterocycles. The van der Waals surface area contributed by atoms with Gasteiger partial charge in [0.2, 0.25) is 0 Å². The van der Waals surface area contributed by atoms with Gasteiger partial charge in [-0.05, 0) is 49.5 Å². The van der Waals surface area contributed by atoms with Gasteiger partial charge in [0.05, 0.1) is 4.92 Å². The van der Waals surface area contributed by atoms with Crippen molar-refractivity contribution in [2.45, 2.75) is 45.2 Å². The van der Waals surface area contributed by atoms with Crippen molar-refractivity contribution < 1.29 is 4.92 Å². The van der Waals surface area contributed by atoms with Crippen molar-refractivity contribution in [3.63, 3.8) is 0 Å². The molecule has 2 fully saturated rings. The molecule has 108 valence electrons. The molecule has 2 aliphatic rings. The fourth-order valence-electron chi connectivity index (χ4n) is 4.12. The number of benzene rings is 1. The zero-order valence-electron chi connectivity index (χ0n) is 11.9. The van der Waals surface area contributed by atoms with Crippen LogP contribution in [0.3, 0.4) is 0 Å². The molecular formula is C16H22N2O2. The third kappa shape index (κ3) is 2.70. The molecule has 4 nitrogen and oxygen atoms in total. The van der Waals surface area contributed by atoms with Crippen LogP contribution in [-0.2, 0) is 6.54 Å². The summed E-state index contributed by atoms with van der Waals surface area (Å²) in [7, 11) is 0. The Kier molecular flexibility index (Phi) is 3.74. The molecule has 1 aromatic rings. The van der Waals surface area contributed by atoms with E-state index >= 15 is 0 Å². The molecule has 2 aliphatic carbocycles. The van der Waals surface area contributed by atoms with Crippen LogP contribution in [0.1, 0.15) is 38.2 Å². The lowest BCUT2D eigenvalue weighted by Gasteiger charge is -2.28. The predicted molar refractivity (Wildman–Crippen MR) is 78.3 cm³/mol. The van der Waals surface area contributed by atoms with Gasteiger partial charge in [0.25, 0.3) is 5.69 Å². The number of nitro benzene ring substituents is 1. The highest BCUT2D eigenvalue weighted by Crippen LogP contribution is 2.49. The van der Waals surface area contributed by atoms with E-state index in [-0.39, 0.29) is 10.6 Å². The summed E-state index contributed by atoms with van der Waals surface area (Å²) in [6.07, 6.45) is 5.62. The fourth-order valence-corrected chi connectivity index (χ4v) is 4.12. The van der Waals surface area contributed by atoms with Crippen molar-refractivity contribution in [3.8, 4) is 0 Å². The van der Waals surface area contributed by atoms with Gasteiger partial charge in [-0.2, -0.15) is 0 Å². The molecule has 1 N–H and O–H groups in total. The Labute approximate surface area is 119 Å². The minimum Gasteiger partial charge on any atom is -0.310 e. The maximum atomic E-state index is 10.8. The second-order valence-corrected chi connectivity index (χ2v) is 6.44. The van der Waals surface area contributed by atoms with Crippen LogP contribution in [0.4, 0.5) is 5.69 Å². The van der Waals surface area contributed by atoms with E-state index in [2.05, 4.69) is 12.2 Å². The summed E-state index contributed by atoms with van der Waals surface area (Å²) in [6, 6.07) is 7.43. The van der Waals surface area contributed by atoms with E-state index in [9.17, 15) is 10.1 Å². The van der Waals surface area contributed by atoms with Crippen LogP contribution in [0, 0.1) is 27.9 Å². The summed E-state index contributed by atoms with van der Waals surface area (Å²) in [5.41, 5.74) is 1.17. The Bertz CT molecular complexity index is 503. The van der Waals surface area contributed by atoms with Gasteiger partial charge >= 0.3 is 0 Å². The minimum atomic E-state index is -0.330. The smallest absolute Gasteiger partial charge is 0.269 e. The van der Waals surface area contributed by atoms with Gasteiger partial charge in [0, 0.05) is 24.7 Å². The normalized spacial score (nSPS) is 29.6. The van der Waals surface area contributed by atoms with Crippen molar-refractivity contribution >= 4 is 5.69 Å². The quantitative estimate of drug-likeness (QED) is 0.660. The zero-order valence-corrected chi connectivity index (χ0v) is 11.9. The number of nitrogens with zero attached hydrogens (tertiary/aromatic N) is 1. The summed E-state index contributed by atoms with van der Waals surface area (Å²) < 4.78 is 0. The predicted octanol–water partition coefficient (Wildman–Crippen LogP) is 3.51. The van der Waals surface area contributed by atoms with E-state index in [0.717, 1.165) is 29.9 Å². The summed E-state index contributed by atoms with van der Waals surface area (Å²) in [5, 5.41) is 14.3. The van der Waals surface area contributed by atoms with Gasteiger partial charge in [0.1, 0.15) is 0 Å². The topological polar surface area (TPSA) is 55.2 Å². The second kappa shape index (κ2) is 5.52. The van der Waals surface area contributed by atoms with Gasteiger partial charge in [-0.3, -0.25) is 10.1 Å². The molecule has 1 aromatic carbocycles. The van der Waals surface area contributed by atoms with Crippen molar-refractivity contribution in [1.82, 2.24) is 5.32 Å². The SMILES string of the molecule is CC(NCc1cccc([N+](=O)[O-])c1)C1CC2CCC1C2. The average Bonchev–Trinajstić information content (AvgIpc) is 3.07. The van der Waals surface area contributed by atoms with E-state index in [1.165, 1.54) is 25.7 Å². The van der Waals surface area contributed by atoms with E-state index in [0.29, 0.717) is 6.04 Å². The third-order valence-corrected chi connectivity index (χ3v) is 5.18. The molecule has 0 spiro atoms. The summed E-state index contributed by atoms with van der Waals surface area (Å²) >= 11 is 0. The molecule has 4 atom stereocenters. The molecule has 4 unspecified atom stereocenters. The van der Waals surface area contributed by atoms with Crippen LogP contribution in [0.25, 0.3) is 0 Å². The first kappa shape index (κ1) is 13.6. The number of hydrogen-bond donors (Lipinski definition) is 1. The molecule has 3 rings (SSSR count). The zero-order chi connectivity index (χ0) is 14.1. The summed E-state index contributed by atoms with van der Waals surface area (Å²) in [5.74, 6) is 2.67. The van der Waals surface area contributed by atoms with Gasteiger partial charge < -0.3 is 5.32 Å². The molecular weight excluding hydrogens is 252 g/mol. The number of hydrogen-bond acceptors (Lipinski definition) is 3.